The summed E-state index contributed by atoms with van der Waals surface area (Å²) >= 11 is 5.83. The van der Waals surface area contributed by atoms with Crippen LogP contribution in [0.2, 0.25) is 5.02 Å². The number of furan rings is 1. The summed E-state index contributed by atoms with van der Waals surface area (Å²) < 4.78 is 4.95. The number of benzene rings is 1. The van der Waals surface area contributed by atoms with Gasteiger partial charge < -0.3 is 9.52 Å². The van der Waals surface area contributed by atoms with Crippen LogP contribution in [0.3, 0.4) is 0 Å². The van der Waals surface area contributed by atoms with Crippen LogP contribution in [-0.2, 0) is 13.1 Å². The maximum Gasteiger partial charge on any atom is 0.372 e. The van der Waals surface area contributed by atoms with Crippen molar-refractivity contribution in [3.8, 4) is 0 Å². The number of carbonyl (C=O) groups is 1. The molecule has 0 aliphatic rings. The Morgan fingerprint density at radius 2 is 1.95 bits per heavy atom. The molecule has 100 valence electrons. The summed E-state index contributed by atoms with van der Waals surface area (Å²) in [5.74, 6) is -1.04. The monoisotopic (exact) mass is 279 g/mol. The standard InChI is InChI=1S/C14H14ClNO3/c1-16(8-10-2-4-12(15)5-3-10)9-11-6-7-19-13(11)14(17)18/h2-7H,8-9H2,1H3,(H,17,18). The Morgan fingerprint density at radius 1 is 1.26 bits per heavy atom. The van der Waals surface area contributed by atoms with Crippen molar-refractivity contribution < 1.29 is 14.3 Å². The van der Waals surface area contributed by atoms with Gasteiger partial charge in [-0.3, -0.25) is 4.90 Å². The Labute approximate surface area is 116 Å². The molecule has 1 aromatic carbocycles. The fraction of sp³-hybridized carbons (Fsp3) is 0.214. The van der Waals surface area contributed by atoms with E-state index in [9.17, 15) is 4.79 Å². The van der Waals surface area contributed by atoms with E-state index in [1.807, 2.05) is 36.2 Å². The van der Waals surface area contributed by atoms with Crippen molar-refractivity contribution in [1.29, 1.82) is 0 Å². The fourth-order valence-electron chi connectivity index (χ4n) is 1.90. The van der Waals surface area contributed by atoms with Crippen molar-refractivity contribution in [2.24, 2.45) is 0 Å². The number of carboxylic acids is 1. The molecule has 2 aromatic rings. The summed E-state index contributed by atoms with van der Waals surface area (Å²) in [4.78, 5) is 12.9. The lowest BCUT2D eigenvalue weighted by Crippen LogP contribution is -2.18. The van der Waals surface area contributed by atoms with Crippen LogP contribution in [0.25, 0.3) is 0 Å². The smallest absolute Gasteiger partial charge is 0.372 e. The second-order valence-electron chi connectivity index (χ2n) is 4.38. The van der Waals surface area contributed by atoms with Crippen molar-refractivity contribution in [2.75, 3.05) is 7.05 Å². The van der Waals surface area contributed by atoms with Crippen LogP contribution in [-0.4, -0.2) is 23.0 Å². The molecule has 0 fully saturated rings. The maximum absolute atomic E-state index is 10.9. The molecule has 0 atom stereocenters. The molecule has 0 saturated heterocycles. The first kappa shape index (κ1) is 13.6. The highest BCUT2D eigenvalue weighted by molar-refractivity contribution is 6.30. The van der Waals surface area contributed by atoms with E-state index >= 15 is 0 Å². The molecular formula is C14H14ClNO3. The third-order valence-corrected chi connectivity index (χ3v) is 3.00. The van der Waals surface area contributed by atoms with Crippen molar-refractivity contribution in [2.45, 2.75) is 13.1 Å². The molecule has 0 aliphatic heterocycles. The minimum Gasteiger partial charge on any atom is -0.475 e. The van der Waals surface area contributed by atoms with Crippen molar-refractivity contribution >= 4 is 17.6 Å². The third-order valence-electron chi connectivity index (χ3n) is 2.75. The minimum atomic E-state index is -1.04. The third kappa shape index (κ3) is 3.59. The molecule has 5 heteroatoms. The van der Waals surface area contributed by atoms with Gasteiger partial charge in [0.1, 0.15) is 0 Å². The van der Waals surface area contributed by atoms with Crippen molar-refractivity contribution in [3.05, 3.63) is 58.5 Å². The minimum absolute atomic E-state index is 0.00274. The van der Waals surface area contributed by atoms with Crippen molar-refractivity contribution in [1.82, 2.24) is 4.90 Å². The Balaban J connectivity index is 2.01. The molecule has 2 rings (SSSR count). The zero-order valence-corrected chi connectivity index (χ0v) is 11.2. The summed E-state index contributed by atoms with van der Waals surface area (Å²) in [6, 6.07) is 9.26. The first-order chi connectivity index (χ1) is 9.06. The second kappa shape index (κ2) is 5.91. The summed E-state index contributed by atoms with van der Waals surface area (Å²) in [5, 5.41) is 9.66. The summed E-state index contributed by atoms with van der Waals surface area (Å²) in [5.41, 5.74) is 1.79. The van der Waals surface area contributed by atoms with Gasteiger partial charge >= 0.3 is 5.97 Å². The van der Waals surface area contributed by atoms with Crippen LogP contribution in [0.1, 0.15) is 21.7 Å². The predicted octanol–water partition coefficient (Wildman–Crippen LogP) is 3.26. The van der Waals surface area contributed by atoms with Gasteiger partial charge in [-0.2, -0.15) is 0 Å². The molecule has 4 nitrogen and oxygen atoms in total. The van der Waals surface area contributed by atoms with Gasteiger partial charge in [0, 0.05) is 23.7 Å². The van der Waals surface area contributed by atoms with Crippen molar-refractivity contribution in [3.63, 3.8) is 0 Å². The molecule has 0 unspecified atom stereocenters. The number of hydrogen-bond acceptors (Lipinski definition) is 3. The number of halogens is 1. The van der Waals surface area contributed by atoms with Gasteiger partial charge in [0.15, 0.2) is 0 Å². The molecule has 1 heterocycles. The Hall–Kier alpha value is -1.78. The maximum atomic E-state index is 10.9. The van der Waals surface area contributed by atoms with Crippen LogP contribution >= 0.6 is 11.6 Å². The summed E-state index contributed by atoms with van der Waals surface area (Å²) in [6.45, 7) is 1.22. The number of aromatic carboxylic acids is 1. The van der Waals surface area contributed by atoms with E-state index in [1.54, 1.807) is 6.07 Å². The van der Waals surface area contributed by atoms with Crippen LogP contribution in [0.4, 0.5) is 0 Å². The number of rotatable bonds is 5. The highest BCUT2D eigenvalue weighted by Crippen LogP contribution is 2.15. The number of carboxylic acid groups (broad SMARTS) is 1. The van der Waals surface area contributed by atoms with Gasteiger partial charge in [-0.05, 0) is 30.8 Å². The van der Waals surface area contributed by atoms with E-state index in [2.05, 4.69) is 0 Å². The quantitative estimate of drug-likeness (QED) is 0.913. The molecule has 19 heavy (non-hydrogen) atoms. The van der Waals surface area contributed by atoms with Gasteiger partial charge in [-0.1, -0.05) is 23.7 Å². The lowest BCUT2D eigenvalue weighted by molar-refractivity contribution is 0.0659. The molecule has 0 amide bonds. The summed E-state index contributed by atoms with van der Waals surface area (Å²) in [6.07, 6.45) is 1.40. The molecule has 0 bridgehead atoms. The normalized spacial score (nSPS) is 10.9. The van der Waals surface area contributed by atoms with E-state index in [0.717, 1.165) is 5.56 Å². The lowest BCUT2D eigenvalue weighted by Gasteiger charge is -2.16. The predicted molar refractivity (Wildman–Crippen MR) is 72.3 cm³/mol. The summed E-state index contributed by atoms with van der Waals surface area (Å²) in [7, 11) is 1.92. The molecular weight excluding hydrogens is 266 g/mol. The van der Waals surface area contributed by atoms with E-state index in [4.69, 9.17) is 21.1 Å². The van der Waals surface area contributed by atoms with Crippen LogP contribution in [0.5, 0.6) is 0 Å². The van der Waals surface area contributed by atoms with Gasteiger partial charge in [-0.15, -0.1) is 0 Å². The second-order valence-corrected chi connectivity index (χ2v) is 4.82. The zero-order chi connectivity index (χ0) is 13.8. The molecule has 0 aliphatic carbocycles. The topological polar surface area (TPSA) is 53.7 Å². The van der Waals surface area contributed by atoms with E-state index in [0.29, 0.717) is 23.7 Å². The van der Waals surface area contributed by atoms with E-state index in [1.165, 1.54) is 6.26 Å². The van der Waals surface area contributed by atoms with E-state index in [-0.39, 0.29) is 5.76 Å². The van der Waals surface area contributed by atoms with E-state index < -0.39 is 5.97 Å². The molecule has 0 radical (unpaired) electrons. The Kier molecular flexibility index (Phi) is 4.24. The van der Waals surface area contributed by atoms with Crippen LogP contribution < -0.4 is 0 Å². The fourth-order valence-corrected chi connectivity index (χ4v) is 2.02. The number of hydrogen-bond donors (Lipinski definition) is 1. The molecule has 0 spiro atoms. The van der Waals surface area contributed by atoms with Gasteiger partial charge in [0.2, 0.25) is 5.76 Å². The first-order valence-corrected chi connectivity index (χ1v) is 6.16. The lowest BCUT2D eigenvalue weighted by atomic mass is 10.2. The van der Waals surface area contributed by atoms with Gasteiger partial charge in [0.25, 0.3) is 0 Å². The van der Waals surface area contributed by atoms with Gasteiger partial charge in [0.05, 0.1) is 6.26 Å². The largest absolute Gasteiger partial charge is 0.475 e. The SMILES string of the molecule is CN(Cc1ccc(Cl)cc1)Cc1ccoc1C(=O)O. The highest BCUT2D eigenvalue weighted by Gasteiger charge is 2.15. The molecule has 1 N–H and O–H groups in total. The average Bonchev–Trinajstić information content (AvgIpc) is 2.80. The Bertz CT molecular complexity index is 562. The van der Waals surface area contributed by atoms with Gasteiger partial charge in [-0.25, -0.2) is 4.79 Å². The first-order valence-electron chi connectivity index (χ1n) is 5.79. The van der Waals surface area contributed by atoms with Crippen LogP contribution in [0, 0.1) is 0 Å². The molecule has 0 saturated carbocycles. The zero-order valence-electron chi connectivity index (χ0n) is 10.5. The molecule has 1 aromatic heterocycles. The number of nitrogens with zero attached hydrogens (tertiary/aromatic N) is 1. The average molecular weight is 280 g/mol. The Morgan fingerprint density at radius 3 is 2.58 bits per heavy atom. The van der Waals surface area contributed by atoms with Crippen LogP contribution in [0.15, 0.2) is 41.0 Å². The highest BCUT2D eigenvalue weighted by atomic mass is 35.5.